The third-order valence-electron chi connectivity index (χ3n) is 4.76. The molecule has 1 aromatic heterocycles. The molecule has 0 atom stereocenters. The summed E-state index contributed by atoms with van der Waals surface area (Å²) in [6, 6.07) is 8.71. The minimum atomic E-state index is -0.324. The molecule has 2 aromatic rings. The van der Waals surface area contributed by atoms with Crippen molar-refractivity contribution in [1.29, 1.82) is 0 Å². The van der Waals surface area contributed by atoms with Crippen LogP contribution in [-0.2, 0) is 0 Å². The summed E-state index contributed by atoms with van der Waals surface area (Å²) in [7, 11) is 0. The Morgan fingerprint density at radius 2 is 1.89 bits per heavy atom. The first-order valence-electron chi connectivity index (χ1n) is 9.41. The van der Waals surface area contributed by atoms with E-state index in [0.717, 1.165) is 38.3 Å². The predicted molar refractivity (Wildman–Crippen MR) is 105 cm³/mol. The Morgan fingerprint density at radius 3 is 2.52 bits per heavy atom. The van der Waals surface area contributed by atoms with Gasteiger partial charge in [0.25, 0.3) is 11.8 Å². The fraction of sp³-hybridized carbons (Fsp3) is 0.429. The summed E-state index contributed by atoms with van der Waals surface area (Å²) >= 11 is 0. The highest BCUT2D eigenvalue weighted by Crippen LogP contribution is 2.20. The maximum Gasteiger partial charge on any atom is 0.291 e. The van der Waals surface area contributed by atoms with Crippen LogP contribution in [-0.4, -0.2) is 54.3 Å². The summed E-state index contributed by atoms with van der Waals surface area (Å²) in [4.78, 5) is 29.4. The summed E-state index contributed by atoms with van der Waals surface area (Å²) in [6.45, 7) is 10.6. The van der Waals surface area contributed by atoms with Gasteiger partial charge in [-0.1, -0.05) is 19.9 Å². The van der Waals surface area contributed by atoms with Crippen molar-refractivity contribution in [3.63, 3.8) is 0 Å². The lowest BCUT2D eigenvalue weighted by molar-refractivity contribution is 0.0623. The number of carbonyl (C=O) groups is 2. The Hall–Kier alpha value is -2.60. The first-order valence-corrected chi connectivity index (χ1v) is 9.41. The summed E-state index contributed by atoms with van der Waals surface area (Å²) in [6.07, 6.45) is 1.46. The molecule has 0 radical (unpaired) electrons. The molecule has 0 aliphatic carbocycles. The topological polar surface area (TPSA) is 65.8 Å². The number of carbonyl (C=O) groups excluding carboxylic acids is 2. The number of nitrogens with zero attached hydrogens (tertiary/aromatic N) is 2. The SMILES string of the molecule is Cc1ccc(C(=O)N2CCN(CC(C)C)CC2)cc1NC(=O)c1ccco1. The van der Waals surface area contributed by atoms with Crippen molar-refractivity contribution in [2.45, 2.75) is 20.8 Å². The third kappa shape index (κ3) is 4.77. The number of aryl methyl sites for hydroxylation is 1. The second-order valence-electron chi connectivity index (χ2n) is 7.45. The van der Waals surface area contributed by atoms with E-state index >= 15 is 0 Å². The zero-order valence-electron chi connectivity index (χ0n) is 16.2. The summed E-state index contributed by atoms with van der Waals surface area (Å²) in [5.74, 6) is 0.555. The van der Waals surface area contributed by atoms with Crippen LogP contribution in [0.25, 0.3) is 0 Å². The summed E-state index contributed by atoms with van der Waals surface area (Å²) < 4.78 is 5.13. The molecule has 6 heteroatoms. The second-order valence-corrected chi connectivity index (χ2v) is 7.45. The molecular weight excluding hydrogens is 342 g/mol. The van der Waals surface area contributed by atoms with E-state index in [1.165, 1.54) is 6.26 Å². The molecule has 1 fully saturated rings. The number of benzene rings is 1. The average molecular weight is 369 g/mol. The number of anilines is 1. The van der Waals surface area contributed by atoms with Crippen LogP contribution in [0.15, 0.2) is 41.0 Å². The molecule has 6 nitrogen and oxygen atoms in total. The number of nitrogens with one attached hydrogen (secondary N) is 1. The van der Waals surface area contributed by atoms with Gasteiger partial charge in [-0.15, -0.1) is 0 Å². The highest BCUT2D eigenvalue weighted by atomic mass is 16.3. The zero-order chi connectivity index (χ0) is 19.4. The van der Waals surface area contributed by atoms with E-state index in [1.807, 2.05) is 24.0 Å². The maximum absolute atomic E-state index is 12.9. The van der Waals surface area contributed by atoms with Gasteiger partial charge in [0, 0.05) is 44.0 Å². The van der Waals surface area contributed by atoms with Crippen LogP contribution in [0, 0.1) is 12.8 Å². The van der Waals surface area contributed by atoms with Crippen molar-refractivity contribution in [2.24, 2.45) is 5.92 Å². The lowest BCUT2D eigenvalue weighted by Crippen LogP contribution is -2.49. The number of hydrogen-bond donors (Lipinski definition) is 1. The molecule has 0 saturated carbocycles. The Kier molecular flexibility index (Phi) is 5.96. The van der Waals surface area contributed by atoms with E-state index < -0.39 is 0 Å². The molecule has 1 aromatic carbocycles. The summed E-state index contributed by atoms with van der Waals surface area (Å²) in [5, 5.41) is 2.83. The van der Waals surface area contributed by atoms with Crippen LogP contribution in [0.1, 0.15) is 40.3 Å². The van der Waals surface area contributed by atoms with E-state index in [-0.39, 0.29) is 17.6 Å². The lowest BCUT2D eigenvalue weighted by atomic mass is 10.1. The molecule has 0 spiro atoms. The molecule has 1 aliphatic rings. The monoisotopic (exact) mass is 369 g/mol. The Labute approximate surface area is 160 Å². The minimum absolute atomic E-state index is 0.00712. The number of amides is 2. The minimum Gasteiger partial charge on any atom is -0.459 e. The van der Waals surface area contributed by atoms with Gasteiger partial charge in [-0.2, -0.15) is 0 Å². The number of rotatable bonds is 5. The predicted octanol–water partition coefficient (Wildman–Crippen LogP) is 3.25. The van der Waals surface area contributed by atoms with E-state index in [2.05, 4.69) is 24.1 Å². The standard InChI is InChI=1S/C21H27N3O3/c1-15(2)14-23-8-10-24(11-9-23)21(26)17-7-6-16(3)18(13-17)22-20(25)19-5-4-12-27-19/h4-7,12-13,15H,8-11,14H2,1-3H3,(H,22,25). The van der Waals surface area contributed by atoms with E-state index in [0.29, 0.717) is 17.2 Å². The van der Waals surface area contributed by atoms with Crippen molar-refractivity contribution in [2.75, 3.05) is 38.0 Å². The van der Waals surface area contributed by atoms with Crippen LogP contribution in [0.4, 0.5) is 5.69 Å². The normalized spacial score (nSPS) is 15.2. The molecule has 3 rings (SSSR count). The van der Waals surface area contributed by atoms with Gasteiger partial charge < -0.3 is 14.6 Å². The van der Waals surface area contributed by atoms with Crippen molar-refractivity contribution < 1.29 is 14.0 Å². The first-order chi connectivity index (χ1) is 12.9. The summed E-state index contributed by atoms with van der Waals surface area (Å²) in [5.41, 5.74) is 2.11. The number of hydrogen-bond acceptors (Lipinski definition) is 4. The smallest absolute Gasteiger partial charge is 0.291 e. The van der Waals surface area contributed by atoms with Crippen molar-refractivity contribution >= 4 is 17.5 Å². The van der Waals surface area contributed by atoms with Crippen LogP contribution in [0.5, 0.6) is 0 Å². The van der Waals surface area contributed by atoms with Crippen LogP contribution in [0.2, 0.25) is 0 Å². The number of furan rings is 1. The Morgan fingerprint density at radius 1 is 1.15 bits per heavy atom. The van der Waals surface area contributed by atoms with Crippen LogP contribution in [0.3, 0.4) is 0 Å². The van der Waals surface area contributed by atoms with Crippen LogP contribution >= 0.6 is 0 Å². The highest BCUT2D eigenvalue weighted by Gasteiger charge is 2.23. The van der Waals surface area contributed by atoms with Gasteiger partial charge in [0.15, 0.2) is 5.76 Å². The van der Waals surface area contributed by atoms with Gasteiger partial charge in [-0.05, 0) is 42.7 Å². The fourth-order valence-electron chi connectivity index (χ4n) is 3.31. The van der Waals surface area contributed by atoms with Gasteiger partial charge in [-0.25, -0.2) is 0 Å². The molecule has 27 heavy (non-hydrogen) atoms. The van der Waals surface area contributed by atoms with Gasteiger partial charge in [0.1, 0.15) is 0 Å². The maximum atomic E-state index is 12.9. The molecule has 2 amide bonds. The molecule has 0 unspecified atom stereocenters. The van der Waals surface area contributed by atoms with Gasteiger partial charge in [0.05, 0.1) is 6.26 Å². The molecular formula is C21H27N3O3. The highest BCUT2D eigenvalue weighted by molar-refractivity contribution is 6.03. The zero-order valence-corrected chi connectivity index (χ0v) is 16.2. The Bertz CT molecular complexity index is 791. The largest absolute Gasteiger partial charge is 0.459 e. The molecule has 144 valence electrons. The lowest BCUT2D eigenvalue weighted by Gasteiger charge is -2.35. The quantitative estimate of drug-likeness (QED) is 0.879. The van der Waals surface area contributed by atoms with Gasteiger partial charge in [0.2, 0.25) is 0 Å². The fourth-order valence-corrected chi connectivity index (χ4v) is 3.31. The van der Waals surface area contributed by atoms with Gasteiger partial charge >= 0.3 is 0 Å². The van der Waals surface area contributed by atoms with Crippen LogP contribution < -0.4 is 5.32 Å². The van der Waals surface area contributed by atoms with E-state index in [4.69, 9.17) is 4.42 Å². The Balaban J connectivity index is 1.66. The van der Waals surface area contributed by atoms with Gasteiger partial charge in [-0.3, -0.25) is 14.5 Å². The van der Waals surface area contributed by atoms with Crippen molar-refractivity contribution in [3.8, 4) is 0 Å². The molecule has 0 bridgehead atoms. The van der Waals surface area contributed by atoms with E-state index in [9.17, 15) is 9.59 Å². The molecule has 2 heterocycles. The molecule has 1 saturated heterocycles. The van der Waals surface area contributed by atoms with Crippen molar-refractivity contribution in [1.82, 2.24) is 9.80 Å². The molecule has 1 N–H and O–H groups in total. The number of piperazine rings is 1. The van der Waals surface area contributed by atoms with Crippen molar-refractivity contribution in [3.05, 3.63) is 53.5 Å². The average Bonchev–Trinajstić information content (AvgIpc) is 3.18. The third-order valence-corrected chi connectivity index (χ3v) is 4.76. The molecule has 1 aliphatic heterocycles. The van der Waals surface area contributed by atoms with E-state index in [1.54, 1.807) is 18.2 Å². The first kappa shape index (κ1) is 19.2. The second kappa shape index (κ2) is 8.39.